The van der Waals surface area contributed by atoms with Crippen molar-refractivity contribution in [3.8, 4) is 23.0 Å². The Morgan fingerprint density at radius 1 is 1.00 bits per heavy atom. The first-order chi connectivity index (χ1) is 13.2. The number of benzene rings is 2. The third-order valence-corrected chi connectivity index (χ3v) is 5.34. The van der Waals surface area contributed by atoms with Gasteiger partial charge in [-0.05, 0) is 47.7 Å². The van der Waals surface area contributed by atoms with E-state index in [0.29, 0.717) is 30.5 Å². The zero-order valence-corrected chi connectivity index (χ0v) is 15.5. The summed E-state index contributed by atoms with van der Waals surface area (Å²) in [5.74, 6) is 3.04. The highest BCUT2D eigenvalue weighted by Crippen LogP contribution is 2.40. The van der Waals surface area contributed by atoms with Crippen LogP contribution in [0.2, 0.25) is 0 Å². The summed E-state index contributed by atoms with van der Waals surface area (Å²) < 4.78 is 27.2. The molecule has 6 heteroatoms. The normalized spacial score (nSPS) is 21.9. The van der Waals surface area contributed by atoms with Gasteiger partial charge in [0.1, 0.15) is 0 Å². The van der Waals surface area contributed by atoms with Crippen LogP contribution in [0, 0.1) is 11.8 Å². The van der Waals surface area contributed by atoms with Gasteiger partial charge in [-0.25, -0.2) is 0 Å². The van der Waals surface area contributed by atoms with Crippen molar-refractivity contribution in [2.24, 2.45) is 11.8 Å². The smallest absolute Gasteiger partial charge is 0.231 e. The van der Waals surface area contributed by atoms with Gasteiger partial charge in [0.05, 0.1) is 33.5 Å². The molecule has 1 fully saturated rings. The van der Waals surface area contributed by atoms with Crippen molar-refractivity contribution in [1.29, 1.82) is 0 Å². The molecule has 1 N–H and O–H groups in total. The molecule has 2 aromatic carbocycles. The van der Waals surface area contributed by atoms with E-state index in [1.165, 1.54) is 0 Å². The zero-order chi connectivity index (χ0) is 18.8. The Morgan fingerprint density at radius 3 is 2.63 bits per heavy atom. The molecule has 0 spiro atoms. The van der Waals surface area contributed by atoms with Gasteiger partial charge in [0.2, 0.25) is 6.79 Å². The molecule has 0 amide bonds. The molecule has 4 rings (SSSR count). The van der Waals surface area contributed by atoms with Gasteiger partial charge in [-0.15, -0.1) is 0 Å². The summed E-state index contributed by atoms with van der Waals surface area (Å²) in [6.07, 6.45) is 0.180. The molecule has 0 aromatic heterocycles. The molecule has 2 aromatic rings. The van der Waals surface area contributed by atoms with Crippen LogP contribution in [0.5, 0.6) is 23.0 Å². The van der Waals surface area contributed by atoms with Crippen molar-refractivity contribution >= 4 is 0 Å². The molecule has 3 unspecified atom stereocenters. The van der Waals surface area contributed by atoms with Crippen LogP contribution in [0.4, 0.5) is 0 Å². The van der Waals surface area contributed by atoms with Crippen molar-refractivity contribution in [3.63, 3.8) is 0 Å². The van der Waals surface area contributed by atoms with E-state index in [-0.39, 0.29) is 18.6 Å². The SMILES string of the molecule is COc1ccc(CC2COCC2C(O)c2ccc3c(c2)OCO3)cc1OC. The molecule has 2 aliphatic heterocycles. The highest BCUT2D eigenvalue weighted by molar-refractivity contribution is 5.45. The summed E-state index contributed by atoms with van der Waals surface area (Å²) in [6, 6.07) is 11.5. The van der Waals surface area contributed by atoms with Gasteiger partial charge in [-0.3, -0.25) is 0 Å². The fourth-order valence-electron chi connectivity index (χ4n) is 3.83. The summed E-state index contributed by atoms with van der Waals surface area (Å²) in [5, 5.41) is 11.0. The van der Waals surface area contributed by atoms with Gasteiger partial charge in [-0.1, -0.05) is 12.1 Å². The second kappa shape index (κ2) is 7.66. The highest BCUT2D eigenvalue weighted by Gasteiger charge is 2.35. The number of hydrogen-bond acceptors (Lipinski definition) is 6. The Hall–Kier alpha value is -2.44. The lowest BCUT2D eigenvalue weighted by atomic mass is 9.83. The maximum absolute atomic E-state index is 11.0. The molecule has 144 valence electrons. The average molecular weight is 372 g/mol. The van der Waals surface area contributed by atoms with Crippen molar-refractivity contribution in [1.82, 2.24) is 0 Å². The minimum atomic E-state index is -0.618. The van der Waals surface area contributed by atoms with Gasteiger partial charge in [0, 0.05) is 5.92 Å². The van der Waals surface area contributed by atoms with Crippen molar-refractivity contribution in [2.75, 3.05) is 34.2 Å². The molecule has 1 saturated heterocycles. The average Bonchev–Trinajstić information content (AvgIpc) is 3.35. The number of aliphatic hydroxyl groups is 1. The lowest BCUT2D eigenvalue weighted by Gasteiger charge is -2.24. The van der Waals surface area contributed by atoms with E-state index >= 15 is 0 Å². The Bertz CT molecular complexity index is 805. The van der Waals surface area contributed by atoms with Gasteiger partial charge in [0.15, 0.2) is 23.0 Å². The quantitative estimate of drug-likeness (QED) is 0.841. The third-order valence-electron chi connectivity index (χ3n) is 5.34. The molecule has 6 nitrogen and oxygen atoms in total. The monoisotopic (exact) mass is 372 g/mol. The van der Waals surface area contributed by atoms with E-state index in [1.807, 2.05) is 36.4 Å². The van der Waals surface area contributed by atoms with E-state index in [9.17, 15) is 5.11 Å². The molecule has 27 heavy (non-hydrogen) atoms. The summed E-state index contributed by atoms with van der Waals surface area (Å²) in [7, 11) is 3.26. The van der Waals surface area contributed by atoms with Gasteiger partial charge in [0.25, 0.3) is 0 Å². The van der Waals surface area contributed by atoms with E-state index < -0.39 is 6.10 Å². The van der Waals surface area contributed by atoms with Crippen LogP contribution in [0.1, 0.15) is 17.2 Å². The Labute approximate surface area is 158 Å². The second-order valence-corrected chi connectivity index (χ2v) is 6.91. The van der Waals surface area contributed by atoms with Crippen LogP contribution >= 0.6 is 0 Å². The van der Waals surface area contributed by atoms with Crippen LogP contribution in [-0.4, -0.2) is 39.3 Å². The van der Waals surface area contributed by atoms with Crippen molar-refractivity contribution in [3.05, 3.63) is 47.5 Å². The molecule has 3 atom stereocenters. The lowest BCUT2D eigenvalue weighted by molar-refractivity contribution is 0.0810. The minimum Gasteiger partial charge on any atom is -0.493 e. The van der Waals surface area contributed by atoms with Crippen LogP contribution in [-0.2, 0) is 11.2 Å². The maximum Gasteiger partial charge on any atom is 0.231 e. The minimum absolute atomic E-state index is 0.0125. The van der Waals surface area contributed by atoms with Crippen molar-refractivity contribution in [2.45, 2.75) is 12.5 Å². The summed E-state index contributed by atoms with van der Waals surface area (Å²) in [4.78, 5) is 0. The first-order valence-electron chi connectivity index (χ1n) is 9.06. The fourth-order valence-corrected chi connectivity index (χ4v) is 3.83. The number of hydrogen-bond donors (Lipinski definition) is 1. The van der Waals surface area contributed by atoms with Crippen LogP contribution in [0.25, 0.3) is 0 Å². The Balaban J connectivity index is 1.50. The molecule has 2 heterocycles. The molecule has 0 radical (unpaired) electrons. The van der Waals surface area contributed by atoms with Gasteiger partial charge >= 0.3 is 0 Å². The number of rotatable bonds is 6. The molecule has 0 saturated carbocycles. The number of methoxy groups -OCH3 is 2. The largest absolute Gasteiger partial charge is 0.493 e. The standard InChI is InChI=1S/C21H24O6/c1-23-17-5-3-13(8-19(17)24-2)7-15-10-25-11-16(15)21(22)14-4-6-18-20(9-14)27-12-26-18/h3-6,8-9,15-16,21-22H,7,10-12H2,1-2H3. The van der Waals surface area contributed by atoms with E-state index in [2.05, 4.69) is 0 Å². The van der Waals surface area contributed by atoms with Gasteiger partial charge in [-0.2, -0.15) is 0 Å². The van der Waals surface area contributed by atoms with Crippen molar-refractivity contribution < 1.29 is 28.8 Å². The lowest BCUT2D eigenvalue weighted by Crippen LogP contribution is -2.22. The molecule has 0 aliphatic carbocycles. The van der Waals surface area contributed by atoms with Crippen LogP contribution in [0.3, 0.4) is 0 Å². The number of aliphatic hydroxyl groups excluding tert-OH is 1. The number of fused-ring (bicyclic) bond motifs is 1. The summed E-state index contributed by atoms with van der Waals surface area (Å²) in [5.41, 5.74) is 1.96. The van der Waals surface area contributed by atoms with Crippen LogP contribution in [0.15, 0.2) is 36.4 Å². The second-order valence-electron chi connectivity index (χ2n) is 6.91. The molecular weight excluding hydrogens is 348 g/mol. The van der Waals surface area contributed by atoms with E-state index in [1.54, 1.807) is 14.2 Å². The first-order valence-corrected chi connectivity index (χ1v) is 9.06. The zero-order valence-electron chi connectivity index (χ0n) is 15.5. The first kappa shape index (κ1) is 17.9. The topological polar surface area (TPSA) is 66.4 Å². The molecule has 0 bridgehead atoms. The molecule has 2 aliphatic rings. The maximum atomic E-state index is 11.0. The van der Waals surface area contributed by atoms with Crippen LogP contribution < -0.4 is 18.9 Å². The van der Waals surface area contributed by atoms with Gasteiger partial charge < -0.3 is 28.8 Å². The Morgan fingerprint density at radius 2 is 1.81 bits per heavy atom. The number of ether oxygens (including phenoxy) is 5. The summed E-state index contributed by atoms with van der Waals surface area (Å²) >= 11 is 0. The predicted molar refractivity (Wildman–Crippen MR) is 98.6 cm³/mol. The molecular formula is C21H24O6. The third kappa shape index (κ3) is 3.55. The van der Waals surface area contributed by atoms with E-state index in [0.717, 1.165) is 23.3 Å². The summed E-state index contributed by atoms with van der Waals surface area (Å²) in [6.45, 7) is 1.39. The highest BCUT2D eigenvalue weighted by atomic mass is 16.7. The fraction of sp³-hybridized carbons (Fsp3) is 0.429. The van der Waals surface area contributed by atoms with E-state index in [4.69, 9.17) is 23.7 Å². The Kier molecular flexibility index (Phi) is 5.09. The predicted octanol–water partition coefficient (Wildman–Crippen LogP) is 2.97.